The van der Waals surface area contributed by atoms with Crippen LogP contribution in [0.4, 0.5) is 28.4 Å². The van der Waals surface area contributed by atoms with E-state index in [0.717, 1.165) is 49.6 Å². The first kappa shape index (κ1) is 45.2. The van der Waals surface area contributed by atoms with Crippen LogP contribution in [0.1, 0.15) is 106 Å². The number of hydrogen-bond acceptors (Lipinski definition) is 14. The molecule has 0 radical (unpaired) electrons. The minimum Gasteiger partial charge on any atom is -0.489 e. The minimum absolute atomic E-state index is 0.00806. The molecular weight excluding hydrogens is 913 g/mol. The van der Waals surface area contributed by atoms with Crippen molar-refractivity contribution in [1.29, 1.82) is 0 Å². The van der Waals surface area contributed by atoms with E-state index in [4.69, 9.17) is 19.2 Å². The molecule has 3 aromatic carbocycles. The Labute approximate surface area is 407 Å². The molecule has 2 aliphatic carbocycles. The number of nitro benzene ring substituents is 1. The molecule has 4 N–H and O–H groups in total. The number of nitro groups is 1. The van der Waals surface area contributed by atoms with Crippen LogP contribution in [0.2, 0.25) is 0 Å². The average Bonchev–Trinajstić information content (AvgIpc) is 4.10. The third-order valence-corrected chi connectivity index (χ3v) is 17.8. The normalized spacial score (nSPS) is 27.2. The summed E-state index contributed by atoms with van der Waals surface area (Å²) < 4.78 is 49.3. The van der Waals surface area contributed by atoms with Crippen molar-refractivity contribution < 1.29 is 37.5 Å². The fraction of sp³-hybridized carbons (Fsp3) is 0.500. The number of sulfonamides is 1. The van der Waals surface area contributed by atoms with Crippen molar-refractivity contribution >= 4 is 55.4 Å². The predicted molar refractivity (Wildman–Crippen MR) is 264 cm³/mol. The Morgan fingerprint density at radius 1 is 1.00 bits per heavy atom. The van der Waals surface area contributed by atoms with Crippen LogP contribution in [0.5, 0.6) is 11.6 Å². The molecule has 2 saturated carbocycles. The summed E-state index contributed by atoms with van der Waals surface area (Å²) in [5.41, 5.74) is 4.65. The first-order valence-corrected chi connectivity index (χ1v) is 26.4. The minimum atomic E-state index is -4.70. The van der Waals surface area contributed by atoms with E-state index in [9.17, 15) is 28.4 Å². The molecule has 5 aromatic rings. The van der Waals surface area contributed by atoms with Crippen LogP contribution in [-0.2, 0) is 14.8 Å². The van der Waals surface area contributed by atoms with Gasteiger partial charge in [0.15, 0.2) is 11.4 Å². The van der Waals surface area contributed by atoms with Gasteiger partial charge in [-0.3, -0.25) is 19.8 Å². The number of amides is 1. The second kappa shape index (κ2) is 16.8. The second-order valence-electron chi connectivity index (χ2n) is 21.6. The predicted octanol–water partition coefficient (Wildman–Crippen LogP) is 7.93. The molecule has 1 amide bonds. The molecule has 70 heavy (non-hydrogen) atoms. The maximum Gasteiger partial charge on any atom is 0.297 e. The third kappa shape index (κ3) is 7.81. The number of ether oxygens (including phenoxy) is 3. The number of aromatic amines is 1. The molecule has 1 spiro atoms. The third-order valence-electron chi connectivity index (χ3n) is 16.5. The Kier molecular flexibility index (Phi) is 10.9. The second-order valence-corrected chi connectivity index (χ2v) is 23.2. The summed E-state index contributed by atoms with van der Waals surface area (Å²) in [4.78, 5) is 41.2. The monoisotopic (exact) mass is 972 g/mol. The highest BCUT2D eigenvalue weighted by Gasteiger charge is 2.55. The lowest BCUT2D eigenvalue weighted by Crippen LogP contribution is -2.66. The molecule has 12 rings (SSSR count). The summed E-state index contributed by atoms with van der Waals surface area (Å²) in [7, 11) is -4.70. The van der Waals surface area contributed by atoms with Crippen LogP contribution in [-0.4, -0.2) is 109 Å². The van der Waals surface area contributed by atoms with Gasteiger partial charge < -0.3 is 39.4 Å². The van der Waals surface area contributed by atoms with Gasteiger partial charge in [-0.25, -0.2) is 13.1 Å². The average molecular weight is 973 g/mol. The molecule has 368 valence electrons. The maximum atomic E-state index is 14.7. The van der Waals surface area contributed by atoms with Crippen molar-refractivity contribution in [3.63, 3.8) is 0 Å². The molecule has 5 aliphatic heterocycles. The quantitative estimate of drug-likeness (QED) is 0.0776. The standard InChI is InChI=1S/C52H60N8O9S/c1-30(2)36-7-4-5-8-37(36)40-9-6-18-58(40)34-23-52(24-34)28-57(29-52)33-10-11-38(41(20-33)59-43-19-32-14-17-53-48(32)55-50(43)69-46-27-67-26-44(46)59)49(61)56-70(65,66)35-21-42(60(63)64)47-45(22-35)68-25-39(54-47)31-12-15-51(3,62)16-13-31/h4-5,7-8,10-11,14,17,19-22,30-31,34,39-40,44,46,54,62H,6,9,12-13,15-16,18,23-29H2,1-3H3,(H,53,55)(H,56,61)/t31?,39-,40+,44+,46+,51?/m1/s1. The van der Waals surface area contributed by atoms with Gasteiger partial charge in [-0.05, 0) is 118 Å². The highest BCUT2D eigenvalue weighted by Crippen LogP contribution is 2.55. The molecule has 18 heteroatoms. The fourth-order valence-electron chi connectivity index (χ4n) is 12.8. The van der Waals surface area contributed by atoms with Gasteiger partial charge in [-0.15, -0.1) is 0 Å². The molecule has 0 unspecified atom stereocenters. The first-order valence-electron chi connectivity index (χ1n) is 24.9. The van der Waals surface area contributed by atoms with Crippen LogP contribution >= 0.6 is 0 Å². The Morgan fingerprint density at radius 3 is 2.59 bits per heavy atom. The van der Waals surface area contributed by atoms with E-state index in [1.807, 2.05) is 36.1 Å². The number of likely N-dealkylation sites (tertiary alicyclic amines) is 1. The Morgan fingerprint density at radius 2 is 1.80 bits per heavy atom. The lowest BCUT2D eigenvalue weighted by Gasteiger charge is -2.62. The van der Waals surface area contributed by atoms with Gasteiger partial charge in [0.2, 0.25) is 5.88 Å². The highest BCUT2D eigenvalue weighted by atomic mass is 32.2. The number of fused-ring (bicyclic) bond motifs is 4. The van der Waals surface area contributed by atoms with Crippen LogP contribution < -0.4 is 29.3 Å². The lowest BCUT2D eigenvalue weighted by molar-refractivity contribution is -0.384. The first-order chi connectivity index (χ1) is 33.6. The Balaban J connectivity index is 0.833. The molecule has 4 atom stereocenters. The van der Waals surface area contributed by atoms with Crippen LogP contribution in [0.3, 0.4) is 0 Å². The number of hydrogen-bond donors (Lipinski definition) is 4. The zero-order chi connectivity index (χ0) is 48.3. The number of aliphatic hydroxyl groups is 1. The van der Waals surface area contributed by atoms with Crippen molar-refractivity contribution in [3.8, 4) is 11.6 Å². The van der Waals surface area contributed by atoms with Crippen molar-refractivity contribution in [3.05, 3.63) is 99.7 Å². The molecule has 7 aliphatic rings. The van der Waals surface area contributed by atoms with E-state index in [1.165, 1.54) is 30.0 Å². The van der Waals surface area contributed by atoms with Gasteiger partial charge in [0.1, 0.15) is 24.0 Å². The SMILES string of the molecule is CC(C)c1ccccc1[C@@H]1CCCN1C1CC2(C1)CN(c1ccc(C(=O)NS(=O)(=O)c3cc4c(c([N+](=O)[O-])c3)N[C@@H](C3CCC(C)(O)CC3)CO4)c(N3c4cc5cc[nH]c5nc4O[C@H]4COC[C@@H]43)c1)C2. The van der Waals surface area contributed by atoms with Crippen molar-refractivity contribution in [2.24, 2.45) is 11.3 Å². The summed E-state index contributed by atoms with van der Waals surface area (Å²) in [5.74, 6) is 0.0292. The van der Waals surface area contributed by atoms with Gasteiger partial charge in [-0.1, -0.05) is 38.1 Å². The van der Waals surface area contributed by atoms with Gasteiger partial charge in [-0.2, -0.15) is 4.98 Å². The van der Waals surface area contributed by atoms with Crippen molar-refractivity contribution in [2.75, 3.05) is 54.6 Å². The summed E-state index contributed by atoms with van der Waals surface area (Å²) >= 11 is 0. The van der Waals surface area contributed by atoms with E-state index in [1.54, 1.807) is 12.3 Å². The van der Waals surface area contributed by atoms with Crippen molar-refractivity contribution in [1.82, 2.24) is 19.6 Å². The Bertz CT molecular complexity index is 3010. The van der Waals surface area contributed by atoms with E-state index < -0.39 is 43.1 Å². The summed E-state index contributed by atoms with van der Waals surface area (Å²) in [6.45, 7) is 9.96. The van der Waals surface area contributed by atoms with Crippen LogP contribution in [0.25, 0.3) is 11.0 Å². The van der Waals surface area contributed by atoms with Gasteiger partial charge >= 0.3 is 0 Å². The molecular formula is C52H60N8O9S. The Hall–Kier alpha value is -5.95. The summed E-state index contributed by atoms with van der Waals surface area (Å²) in [5, 5.41) is 27.1. The number of carbonyl (C=O) groups excluding carboxylic acids is 1. The zero-order valence-electron chi connectivity index (χ0n) is 39.7. The molecule has 7 heterocycles. The van der Waals surface area contributed by atoms with E-state index >= 15 is 0 Å². The number of anilines is 4. The van der Waals surface area contributed by atoms with Crippen LogP contribution in [0, 0.1) is 21.4 Å². The maximum absolute atomic E-state index is 14.7. The van der Waals surface area contributed by atoms with E-state index in [0.29, 0.717) is 79.8 Å². The number of rotatable bonds is 10. The zero-order valence-corrected chi connectivity index (χ0v) is 40.5. The van der Waals surface area contributed by atoms with E-state index in [-0.39, 0.29) is 47.0 Å². The summed E-state index contributed by atoms with van der Waals surface area (Å²) in [6.07, 6.45) is 8.62. The number of benzene rings is 3. The largest absolute Gasteiger partial charge is 0.489 e. The number of aromatic nitrogens is 2. The highest BCUT2D eigenvalue weighted by molar-refractivity contribution is 7.90. The van der Waals surface area contributed by atoms with Crippen LogP contribution in [0.15, 0.2) is 77.8 Å². The molecule has 17 nitrogen and oxygen atoms in total. The molecule has 5 fully saturated rings. The van der Waals surface area contributed by atoms with Gasteiger partial charge in [0.25, 0.3) is 21.6 Å². The number of nitrogens with zero attached hydrogens (tertiary/aromatic N) is 5. The number of carbonyl (C=O) groups is 1. The molecule has 2 aromatic heterocycles. The van der Waals surface area contributed by atoms with E-state index in [2.05, 4.69) is 62.9 Å². The topological polar surface area (TPSA) is 205 Å². The molecule has 0 bridgehead atoms. The van der Waals surface area contributed by atoms with Gasteiger partial charge in [0.05, 0.1) is 52.0 Å². The van der Waals surface area contributed by atoms with Crippen molar-refractivity contribution in [2.45, 2.75) is 119 Å². The number of H-pyrrole nitrogens is 1. The molecule has 3 saturated heterocycles. The number of nitrogens with one attached hydrogen (secondary N) is 3. The van der Waals surface area contributed by atoms with Gasteiger partial charge in [0, 0.05) is 60.0 Å². The lowest BCUT2D eigenvalue weighted by atomic mass is 9.60. The smallest absolute Gasteiger partial charge is 0.297 e. The number of pyridine rings is 1. The fourth-order valence-corrected chi connectivity index (χ4v) is 13.8. The summed E-state index contributed by atoms with van der Waals surface area (Å²) in [6, 6.07) is 20.8.